The minimum atomic E-state index is 0.495. The number of aromatic nitrogens is 2. The Bertz CT molecular complexity index is 754. The van der Waals surface area contributed by atoms with E-state index in [0.717, 1.165) is 35.8 Å². The van der Waals surface area contributed by atoms with Gasteiger partial charge in [-0.2, -0.15) is 0 Å². The van der Waals surface area contributed by atoms with Crippen molar-refractivity contribution in [2.45, 2.75) is 78.1 Å². The fourth-order valence-electron chi connectivity index (χ4n) is 3.68. The number of ether oxygens (including phenoxy) is 1. The lowest BCUT2D eigenvalue weighted by Gasteiger charge is -2.10. The molecule has 164 valence electrons. The molecule has 4 nitrogen and oxygen atoms in total. The predicted octanol–water partition coefficient (Wildman–Crippen LogP) is 7.66. The van der Waals surface area contributed by atoms with Crippen LogP contribution in [0.4, 0.5) is 5.69 Å². The number of hydrogen-bond donors (Lipinski definition) is 0. The molecule has 5 heteroatoms. The first-order valence-electron chi connectivity index (χ1n) is 11.3. The maximum absolute atomic E-state index is 6.23. The number of nitrogens with zero attached hydrogens (tertiary/aromatic N) is 3. The normalized spacial score (nSPS) is 18.8. The monoisotopic (exact) mass is 429 g/mol. The Kier molecular flexibility index (Phi) is 10.9. The van der Waals surface area contributed by atoms with Crippen LogP contribution in [0.15, 0.2) is 41.1 Å². The quantitative estimate of drug-likeness (QED) is 0.330. The summed E-state index contributed by atoms with van der Waals surface area (Å²) >= 11 is 6.23. The van der Waals surface area contributed by atoms with E-state index in [9.17, 15) is 0 Å². The van der Waals surface area contributed by atoms with E-state index < -0.39 is 0 Å². The molecule has 0 saturated heterocycles. The maximum Gasteiger partial charge on any atom is 0.158 e. The summed E-state index contributed by atoms with van der Waals surface area (Å²) in [4.78, 5) is 13.4. The number of rotatable bonds is 7. The number of halogens is 1. The van der Waals surface area contributed by atoms with Crippen LogP contribution in [0, 0.1) is 12.8 Å². The van der Waals surface area contributed by atoms with Crippen molar-refractivity contribution in [3.8, 4) is 0 Å². The van der Waals surface area contributed by atoms with Gasteiger partial charge in [0.05, 0.1) is 12.8 Å². The van der Waals surface area contributed by atoms with Gasteiger partial charge in [0.2, 0.25) is 0 Å². The van der Waals surface area contributed by atoms with E-state index in [0.29, 0.717) is 17.0 Å². The lowest BCUT2D eigenvalue weighted by molar-refractivity contribution is 0.303. The molecule has 0 aromatic carbocycles. The molecule has 1 aromatic rings. The summed E-state index contributed by atoms with van der Waals surface area (Å²) < 4.78 is 5.18. The van der Waals surface area contributed by atoms with Crippen LogP contribution in [0.2, 0.25) is 5.15 Å². The molecule has 0 spiro atoms. The summed E-state index contributed by atoms with van der Waals surface area (Å²) in [6.45, 7) is 6.29. The lowest BCUT2D eigenvalue weighted by Crippen LogP contribution is -2.02. The molecule has 1 atom stereocenters. The number of aryl methyl sites for hydroxylation is 1. The van der Waals surface area contributed by atoms with E-state index >= 15 is 0 Å². The van der Waals surface area contributed by atoms with Gasteiger partial charge < -0.3 is 4.74 Å². The summed E-state index contributed by atoms with van der Waals surface area (Å²) in [6, 6.07) is 0. The molecule has 1 aromatic heterocycles. The molecule has 2 aliphatic rings. The molecule has 0 aliphatic heterocycles. The first kappa shape index (κ1) is 24.3. The number of methoxy groups -OCH3 is 1. The van der Waals surface area contributed by atoms with Gasteiger partial charge in [0.25, 0.3) is 0 Å². The Labute approximate surface area is 187 Å². The van der Waals surface area contributed by atoms with Crippen molar-refractivity contribution in [2.24, 2.45) is 10.9 Å². The molecule has 3 rings (SSSR count). The Morgan fingerprint density at radius 2 is 1.93 bits per heavy atom. The molecular formula is C25H36ClN3O. The van der Waals surface area contributed by atoms with Crippen molar-refractivity contribution in [1.82, 2.24) is 9.97 Å². The Morgan fingerprint density at radius 1 is 1.17 bits per heavy atom. The minimum absolute atomic E-state index is 0.495. The van der Waals surface area contributed by atoms with Crippen LogP contribution in [-0.2, 0) is 4.74 Å². The van der Waals surface area contributed by atoms with Gasteiger partial charge in [-0.15, -0.1) is 0 Å². The van der Waals surface area contributed by atoms with Gasteiger partial charge >= 0.3 is 0 Å². The summed E-state index contributed by atoms with van der Waals surface area (Å²) in [5.74, 6) is 2.91. The molecule has 30 heavy (non-hydrogen) atoms. The SMILES string of the molecule is CCCC1C=CC=CC(OC)=C1.CCCC=Nc1c(C)nc(C2CCCC2)nc1Cl. The van der Waals surface area contributed by atoms with Gasteiger partial charge in [-0.3, -0.25) is 4.99 Å². The topological polar surface area (TPSA) is 47.4 Å². The Morgan fingerprint density at radius 3 is 2.57 bits per heavy atom. The number of aliphatic imine (C=N–C) groups is 1. The lowest BCUT2D eigenvalue weighted by atomic mass is 10.0. The van der Waals surface area contributed by atoms with E-state index in [1.165, 1.54) is 38.5 Å². The smallest absolute Gasteiger partial charge is 0.158 e. The minimum Gasteiger partial charge on any atom is -0.497 e. The fraction of sp³-hybridized carbons (Fsp3) is 0.560. The molecule has 0 N–H and O–H groups in total. The van der Waals surface area contributed by atoms with Gasteiger partial charge in [0.15, 0.2) is 5.15 Å². The van der Waals surface area contributed by atoms with Gasteiger partial charge in [0, 0.05) is 12.1 Å². The van der Waals surface area contributed by atoms with Crippen LogP contribution in [0.5, 0.6) is 0 Å². The summed E-state index contributed by atoms with van der Waals surface area (Å²) in [6.07, 6.45) is 21.8. The first-order valence-corrected chi connectivity index (χ1v) is 11.6. The van der Waals surface area contributed by atoms with E-state index in [4.69, 9.17) is 16.3 Å². The van der Waals surface area contributed by atoms with E-state index in [2.05, 4.69) is 47.0 Å². The number of unbranched alkanes of at least 4 members (excludes halogenated alkanes) is 1. The molecule has 0 bridgehead atoms. The van der Waals surface area contributed by atoms with Crippen molar-refractivity contribution < 1.29 is 4.74 Å². The zero-order valence-corrected chi connectivity index (χ0v) is 19.7. The van der Waals surface area contributed by atoms with Crippen LogP contribution >= 0.6 is 11.6 Å². The molecule has 1 heterocycles. The zero-order valence-electron chi connectivity index (χ0n) is 18.9. The summed E-state index contributed by atoms with van der Waals surface area (Å²) in [7, 11) is 1.71. The van der Waals surface area contributed by atoms with Crippen molar-refractivity contribution in [3.63, 3.8) is 0 Å². The zero-order chi connectivity index (χ0) is 21.8. The van der Waals surface area contributed by atoms with Crippen molar-refractivity contribution >= 4 is 23.5 Å². The van der Waals surface area contributed by atoms with Gasteiger partial charge in [0.1, 0.15) is 17.3 Å². The van der Waals surface area contributed by atoms with Crippen molar-refractivity contribution in [1.29, 1.82) is 0 Å². The average Bonchev–Trinajstić information content (AvgIpc) is 3.18. The van der Waals surface area contributed by atoms with Crippen LogP contribution in [0.3, 0.4) is 0 Å². The largest absolute Gasteiger partial charge is 0.497 e. The molecule has 1 saturated carbocycles. The molecule has 0 radical (unpaired) electrons. The highest BCUT2D eigenvalue weighted by molar-refractivity contribution is 6.31. The highest BCUT2D eigenvalue weighted by Crippen LogP contribution is 2.35. The Balaban J connectivity index is 0.000000232. The van der Waals surface area contributed by atoms with Gasteiger partial charge in [-0.1, -0.05) is 69.4 Å². The first-order chi connectivity index (χ1) is 14.6. The highest BCUT2D eigenvalue weighted by Gasteiger charge is 2.21. The summed E-state index contributed by atoms with van der Waals surface area (Å²) in [5.41, 5.74) is 1.62. The molecular weight excluding hydrogens is 394 g/mol. The van der Waals surface area contributed by atoms with E-state index in [-0.39, 0.29) is 0 Å². The summed E-state index contributed by atoms with van der Waals surface area (Å²) in [5, 5.41) is 0.497. The molecule has 2 aliphatic carbocycles. The van der Waals surface area contributed by atoms with Crippen molar-refractivity contribution in [2.75, 3.05) is 7.11 Å². The Hall–Kier alpha value is -1.94. The van der Waals surface area contributed by atoms with Gasteiger partial charge in [-0.05, 0) is 50.7 Å². The third-order valence-corrected chi connectivity index (χ3v) is 5.62. The average molecular weight is 430 g/mol. The number of hydrogen-bond acceptors (Lipinski definition) is 4. The molecule has 1 fully saturated rings. The predicted molar refractivity (Wildman–Crippen MR) is 128 cm³/mol. The van der Waals surface area contributed by atoms with Crippen LogP contribution in [0.25, 0.3) is 0 Å². The third-order valence-electron chi connectivity index (χ3n) is 5.36. The number of allylic oxidation sites excluding steroid dienone is 5. The fourth-order valence-corrected chi connectivity index (χ4v) is 3.95. The van der Waals surface area contributed by atoms with Crippen LogP contribution in [-0.4, -0.2) is 23.3 Å². The third kappa shape index (κ3) is 7.71. The van der Waals surface area contributed by atoms with Crippen molar-refractivity contribution in [3.05, 3.63) is 52.8 Å². The highest BCUT2D eigenvalue weighted by atomic mass is 35.5. The van der Waals surface area contributed by atoms with E-state index in [1.807, 2.05) is 25.3 Å². The van der Waals surface area contributed by atoms with Gasteiger partial charge in [-0.25, -0.2) is 9.97 Å². The van der Waals surface area contributed by atoms with E-state index in [1.54, 1.807) is 7.11 Å². The maximum atomic E-state index is 6.23. The second-order valence-electron chi connectivity index (χ2n) is 7.86. The second kappa shape index (κ2) is 13.4. The molecule has 0 amide bonds. The second-order valence-corrected chi connectivity index (χ2v) is 8.22. The standard InChI is InChI=1S/C14H20ClN3.C11H16O/c1-3-4-9-16-12-10(2)17-14(18-13(12)15)11-7-5-6-8-11;1-3-6-10-7-4-5-8-11(9-10)12-2/h9,11H,3-8H2,1-2H3;4-5,7-10H,3,6H2,1-2H3. The van der Waals surface area contributed by atoms with Crippen LogP contribution < -0.4 is 0 Å². The molecule has 1 unspecified atom stereocenters. The van der Waals surface area contributed by atoms with Crippen LogP contribution in [0.1, 0.15) is 82.7 Å².